The van der Waals surface area contributed by atoms with Gasteiger partial charge in [-0.25, -0.2) is 0 Å². The lowest BCUT2D eigenvalue weighted by atomic mass is 9.97. The van der Waals surface area contributed by atoms with E-state index in [0.29, 0.717) is 0 Å². The second-order valence-corrected chi connectivity index (χ2v) is 6.75. The summed E-state index contributed by atoms with van der Waals surface area (Å²) in [5.41, 5.74) is 8.43. The molecule has 21 heavy (non-hydrogen) atoms. The number of ether oxygens (including phenoxy) is 1. The lowest BCUT2D eigenvalue weighted by Crippen LogP contribution is -2.34. The number of esters is 1. The molecule has 0 aliphatic heterocycles. The van der Waals surface area contributed by atoms with Gasteiger partial charge in [-0.2, -0.15) is 0 Å². The third-order valence-corrected chi connectivity index (χ3v) is 3.87. The van der Waals surface area contributed by atoms with Crippen LogP contribution in [0.4, 0.5) is 0 Å². The van der Waals surface area contributed by atoms with Crippen LogP contribution in [0.1, 0.15) is 23.6 Å². The fourth-order valence-electron chi connectivity index (χ4n) is 2.02. The molecule has 1 aromatic carbocycles. The van der Waals surface area contributed by atoms with E-state index in [1.165, 1.54) is 0 Å². The maximum Gasteiger partial charge on any atom is 0.325 e. The van der Waals surface area contributed by atoms with Crippen molar-refractivity contribution < 1.29 is 23.9 Å². The number of nitrogens with two attached hydrogens (primary N) is 1. The maximum absolute atomic E-state index is 11.6. The van der Waals surface area contributed by atoms with Crippen LogP contribution in [0, 0.1) is 6.92 Å². The number of hydrogen-bond acceptors (Lipinski definition) is 4. The van der Waals surface area contributed by atoms with Crippen LogP contribution in [0.25, 0.3) is 0 Å². The Balaban J connectivity index is 2.86. The molecule has 0 spiro atoms. The van der Waals surface area contributed by atoms with E-state index in [1.54, 1.807) is 6.92 Å². The Morgan fingerprint density at radius 3 is 2.62 bits per heavy atom. The summed E-state index contributed by atoms with van der Waals surface area (Å²) < 4.78 is 15.9. The molecule has 6 nitrogen and oxygen atoms in total. The molecule has 1 atom stereocenters. The molecule has 118 valence electrons. The zero-order valence-corrected chi connectivity index (χ0v) is 13.2. The summed E-state index contributed by atoms with van der Waals surface area (Å²) in [5, 5.41) is 0. The largest absolute Gasteiger partial charge is 0.465 e. The summed E-state index contributed by atoms with van der Waals surface area (Å²) in [6, 6.07) is 4.79. The van der Waals surface area contributed by atoms with Gasteiger partial charge in [-0.3, -0.25) is 9.36 Å². The van der Waals surface area contributed by atoms with E-state index in [-0.39, 0.29) is 25.6 Å². The van der Waals surface area contributed by atoms with Gasteiger partial charge in [-0.15, -0.1) is 0 Å². The van der Waals surface area contributed by atoms with Crippen LogP contribution in [0.3, 0.4) is 0 Å². The Kier molecular flexibility index (Phi) is 6.55. The highest BCUT2D eigenvalue weighted by Gasteiger charge is 2.19. The van der Waals surface area contributed by atoms with Crippen molar-refractivity contribution in [1.29, 1.82) is 0 Å². The van der Waals surface area contributed by atoms with Gasteiger partial charge in [0, 0.05) is 0 Å². The zero-order chi connectivity index (χ0) is 16.0. The average Bonchev–Trinajstić information content (AvgIpc) is 2.37. The van der Waals surface area contributed by atoms with Crippen molar-refractivity contribution in [2.24, 2.45) is 5.73 Å². The first-order valence-corrected chi connectivity index (χ1v) is 8.58. The van der Waals surface area contributed by atoms with Gasteiger partial charge in [-0.1, -0.05) is 23.8 Å². The van der Waals surface area contributed by atoms with Crippen LogP contribution < -0.4 is 5.73 Å². The van der Waals surface area contributed by atoms with E-state index in [1.807, 2.05) is 25.1 Å². The first-order valence-electron chi connectivity index (χ1n) is 6.78. The van der Waals surface area contributed by atoms with E-state index < -0.39 is 19.6 Å². The highest BCUT2D eigenvalue weighted by atomic mass is 31.2. The van der Waals surface area contributed by atoms with E-state index in [0.717, 1.165) is 16.7 Å². The van der Waals surface area contributed by atoms with E-state index in [2.05, 4.69) is 0 Å². The highest BCUT2D eigenvalue weighted by Crippen LogP contribution is 2.35. The first-order chi connectivity index (χ1) is 9.73. The van der Waals surface area contributed by atoms with Crippen molar-refractivity contribution in [2.45, 2.75) is 32.7 Å². The summed E-state index contributed by atoms with van der Waals surface area (Å²) >= 11 is 0. The number of hydrogen-bond donors (Lipinski definition) is 3. The number of rotatable bonds is 7. The molecule has 1 rings (SSSR count). The standard InChI is InChI=1S/C14H22NO5P/c1-3-20-14(16)13(15)9-12-8-10(2)4-5-11(12)6-7-21(17,18)19/h4-5,8,13H,3,6-7,9,15H2,1-2H3,(H2,17,18,19). The number of carbonyl (C=O) groups excluding carboxylic acids is 1. The quantitative estimate of drug-likeness (QED) is 0.514. The Bertz CT molecular complexity index is 540. The minimum absolute atomic E-state index is 0.224. The van der Waals surface area contributed by atoms with Gasteiger partial charge in [0.25, 0.3) is 0 Å². The molecule has 4 N–H and O–H groups in total. The predicted octanol–water partition coefficient (Wildman–Crippen LogP) is 1.15. The van der Waals surface area contributed by atoms with Crippen LogP contribution in [-0.4, -0.2) is 34.6 Å². The van der Waals surface area contributed by atoms with Crippen LogP contribution in [0.5, 0.6) is 0 Å². The Labute approximate surface area is 124 Å². The van der Waals surface area contributed by atoms with Crippen LogP contribution in [0.2, 0.25) is 0 Å². The molecule has 0 aliphatic carbocycles. The predicted molar refractivity (Wildman–Crippen MR) is 80.1 cm³/mol. The molecular formula is C14H22NO5P. The number of aryl methyl sites for hydroxylation is 2. The Morgan fingerprint density at radius 2 is 2.05 bits per heavy atom. The molecule has 1 unspecified atom stereocenters. The molecule has 0 bridgehead atoms. The Hall–Kier alpha value is -1.20. The summed E-state index contributed by atoms with van der Waals surface area (Å²) in [4.78, 5) is 29.5. The molecule has 0 amide bonds. The third kappa shape index (κ3) is 6.40. The normalized spacial score (nSPS) is 13.0. The molecule has 0 heterocycles. The minimum atomic E-state index is -4.05. The monoisotopic (exact) mass is 315 g/mol. The van der Waals surface area contributed by atoms with Gasteiger partial charge in [0.2, 0.25) is 0 Å². The van der Waals surface area contributed by atoms with Gasteiger partial charge < -0.3 is 20.3 Å². The number of carbonyl (C=O) groups is 1. The van der Waals surface area contributed by atoms with Gasteiger partial charge in [0.15, 0.2) is 0 Å². The molecule has 0 fully saturated rings. The van der Waals surface area contributed by atoms with Crippen molar-refractivity contribution in [3.8, 4) is 0 Å². The summed E-state index contributed by atoms with van der Waals surface area (Å²) in [7, 11) is -4.05. The minimum Gasteiger partial charge on any atom is -0.465 e. The molecule has 0 saturated carbocycles. The SMILES string of the molecule is CCOC(=O)C(N)Cc1cc(C)ccc1CCP(=O)(O)O. The van der Waals surface area contributed by atoms with Crippen LogP contribution in [0.15, 0.2) is 18.2 Å². The van der Waals surface area contributed by atoms with E-state index >= 15 is 0 Å². The van der Waals surface area contributed by atoms with Gasteiger partial charge in [0.1, 0.15) is 6.04 Å². The van der Waals surface area contributed by atoms with Crippen molar-refractivity contribution in [1.82, 2.24) is 0 Å². The first kappa shape index (κ1) is 17.9. The summed E-state index contributed by atoms with van der Waals surface area (Å²) in [6.07, 6.45) is 0.310. The fraction of sp³-hybridized carbons (Fsp3) is 0.500. The summed E-state index contributed by atoms with van der Waals surface area (Å²) in [6.45, 7) is 3.89. The smallest absolute Gasteiger partial charge is 0.325 e. The molecular weight excluding hydrogens is 293 g/mol. The third-order valence-electron chi connectivity index (χ3n) is 3.06. The molecule has 7 heteroatoms. The molecule has 0 aliphatic rings. The van der Waals surface area contributed by atoms with E-state index in [4.69, 9.17) is 20.3 Å². The van der Waals surface area contributed by atoms with E-state index in [9.17, 15) is 9.36 Å². The van der Waals surface area contributed by atoms with Gasteiger partial charge in [-0.05, 0) is 37.8 Å². The van der Waals surface area contributed by atoms with Gasteiger partial charge in [0.05, 0.1) is 12.8 Å². The van der Waals surface area contributed by atoms with Crippen LogP contribution in [-0.2, 0) is 26.9 Å². The lowest BCUT2D eigenvalue weighted by Gasteiger charge is -2.15. The summed E-state index contributed by atoms with van der Waals surface area (Å²) in [5.74, 6) is -0.472. The second kappa shape index (κ2) is 7.71. The fourth-order valence-corrected chi connectivity index (χ4v) is 2.56. The van der Waals surface area contributed by atoms with Crippen molar-refractivity contribution in [3.05, 3.63) is 34.9 Å². The lowest BCUT2D eigenvalue weighted by molar-refractivity contribution is -0.144. The topological polar surface area (TPSA) is 110 Å². The average molecular weight is 315 g/mol. The molecule has 0 radical (unpaired) electrons. The maximum atomic E-state index is 11.6. The second-order valence-electron chi connectivity index (χ2n) is 4.97. The van der Waals surface area contributed by atoms with Crippen molar-refractivity contribution in [2.75, 3.05) is 12.8 Å². The van der Waals surface area contributed by atoms with Gasteiger partial charge >= 0.3 is 13.6 Å². The number of benzene rings is 1. The van der Waals surface area contributed by atoms with Crippen molar-refractivity contribution in [3.63, 3.8) is 0 Å². The van der Waals surface area contributed by atoms with Crippen LogP contribution >= 0.6 is 7.60 Å². The highest BCUT2D eigenvalue weighted by molar-refractivity contribution is 7.51. The molecule has 0 saturated heterocycles. The molecule has 0 aromatic heterocycles. The van der Waals surface area contributed by atoms with Crippen molar-refractivity contribution >= 4 is 13.6 Å². The Morgan fingerprint density at radius 1 is 1.38 bits per heavy atom. The zero-order valence-electron chi connectivity index (χ0n) is 12.3. The molecule has 1 aromatic rings.